The molecule has 1 saturated heterocycles. The SMILES string of the molecule is N#Cc1cccnc1N1CCN(CCCO)CC1. The summed E-state index contributed by atoms with van der Waals surface area (Å²) in [6.45, 7) is 4.88. The summed E-state index contributed by atoms with van der Waals surface area (Å²) in [5.41, 5.74) is 0.640. The van der Waals surface area contributed by atoms with Gasteiger partial charge in [0, 0.05) is 45.5 Å². The normalized spacial score (nSPS) is 16.6. The van der Waals surface area contributed by atoms with Crippen molar-refractivity contribution in [3.05, 3.63) is 23.9 Å². The summed E-state index contributed by atoms with van der Waals surface area (Å²) in [5, 5.41) is 17.9. The first-order valence-corrected chi connectivity index (χ1v) is 6.28. The third kappa shape index (κ3) is 2.97. The Kier molecular flexibility index (Phi) is 4.51. The molecule has 5 nitrogen and oxygen atoms in total. The van der Waals surface area contributed by atoms with E-state index in [0.717, 1.165) is 45.0 Å². The van der Waals surface area contributed by atoms with Gasteiger partial charge in [-0.25, -0.2) is 4.98 Å². The van der Waals surface area contributed by atoms with Gasteiger partial charge in [0.15, 0.2) is 0 Å². The molecule has 0 radical (unpaired) electrons. The molecule has 18 heavy (non-hydrogen) atoms. The first kappa shape index (κ1) is 12.8. The zero-order valence-electron chi connectivity index (χ0n) is 10.4. The molecule has 1 fully saturated rings. The Bertz CT molecular complexity index is 421. The summed E-state index contributed by atoms with van der Waals surface area (Å²) in [6, 6.07) is 5.78. The van der Waals surface area contributed by atoms with Gasteiger partial charge in [0.25, 0.3) is 0 Å². The molecule has 0 saturated carbocycles. The molecule has 0 bridgehead atoms. The number of nitrogens with zero attached hydrogens (tertiary/aromatic N) is 4. The molecule has 1 aromatic rings. The quantitative estimate of drug-likeness (QED) is 0.836. The largest absolute Gasteiger partial charge is 0.396 e. The maximum absolute atomic E-state index is 9.06. The van der Waals surface area contributed by atoms with Crippen LogP contribution >= 0.6 is 0 Å². The lowest BCUT2D eigenvalue weighted by atomic mass is 10.2. The predicted molar refractivity (Wildman–Crippen MR) is 69.3 cm³/mol. The number of piperazine rings is 1. The van der Waals surface area contributed by atoms with Crippen molar-refractivity contribution >= 4 is 5.82 Å². The number of aliphatic hydroxyl groups is 1. The smallest absolute Gasteiger partial charge is 0.146 e. The van der Waals surface area contributed by atoms with E-state index in [-0.39, 0.29) is 6.61 Å². The van der Waals surface area contributed by atoms with Crippen LogP contribution in [0, 0.1) is 11.3 Å². The number of aromatic nitrogens is 1. The van der Waals surface area contributed by atoms with Crippen molar-refractivity contribution in [3.63, 3.8) is 0 Å². The first-order chi connectivity index (χ1) is 8.85. The van der Waals surface area contributed by atoms with Crippen molar-refractivity contribution in [2.24, 2.45) is 0 Å². The lowest BCUT2D eigenvalue weighted by Gasteiger charge is -2.35. The molecule has 2 rings (SSSR count). The molecule has 0 unspecified atom stereocenters. The minimum absolute atomic E-state index is 0.249. The topological polar surface area (TPSA) is 63.4 Å². The van der Waals surface area contributed by atoms with Crippen LogP contribution in [0.5, 0.6) is 0 Å². The predicted octanol–water partition coefficient (Wildman–Crippen LogP) is 0.458. The number of aliphatic hydroxyl groups excluding tert-OH is 1. The van der Waals surface area contributed by atoms with Gasteiger partial charge < -0.3 is 10.0 Å². The van der Waals surface area contributed by atoms with Gasteiger partial charge in [0.2, 0.25) is 0 Å². The molecule has 96 valence electrons. The molecule has 0 spiro atoms. The van der Waals surface area contributed by atoms with E-state index in [2.05, 4.69) is 20.9 Å². The van der Waals surface area contributed by atoms with Crippen LogP contribution in [-0.4, -0.2) is 54.3 Å². The second-order valence-electron chi connectivity index (χ2n) is 4.39. The third-order valence-electron chi connectivity index (χ3n) is 3.21. The van der Waals surface area contributed by atoms with Crippen LogP contribution in [0.3, 0.4) is 0 Å². The highest BCUT2D eigenvalue weighted by Crippen LogP contribution is 2.17. The van der Waals surface area contributed by atoms with Crippen LogP contribution in [0.25, 0.3) is 0 Å². The molecule has 2 heterocycles. The Labute approximate surface area is 107 Å². The maximum Gasteiger partial charge on any atom is 0.146 e. The van der Waals surface area contributed by atoms with Gasteiger partial charge in [0.1, 0.15) is 11.9 Å². The molecule has 1 aliphatic heterocycles. The number of hydrogen-bond acceptors (Lipinski definition) is 5. The molecule has 0 atom stereocenters. The molecule has 1 aromatic heterocycles. The van der Waals surface area contributed by atoms with E-state index >= 15 is 0 Å². The summed E-state index contributed by atoms with van der Waals surface area (Å²) >= 11 is 0. The second-order valence-corrected chi connectivity index (χ2v) is 4.39. The fourth-order valence-electron chi connectivity index (χ4n) is 2.21. The molecular weight excluding hydrogens is 228 g/mol. The lowest BCUT2D eigenvalue weighted by Crippen LogP contribution is -2.47. The molecular formula is C13H18N4O. The summed E-state index contributed by atoms with van der Waals surface area (Å²) in [6.07, 6.45) is 2.56. The minimum atomic E-state index is 0.249. The highest BCUT2D eigenvalue weighted by atomic mass is 16.3. The van der Waals surface area contributed by atoms with Crippen molar-refractivity contribution in [2.75, 3.05) is 44.2 Å². The van der Waals surface area contributed by atoms with E-state index in [1.54, 1.807) is 18.3 Å². The Morgan fingerprint density at radius 3 is 2.78 bits per heavy atom. The maximum atomic E-state index is 9.06. The van der Waals surface area contributed by atoms with E-state index in [9.17, 15) is 0 Å². The van der Waals surface area contributed by atoms with Crippen molar-refractivity contribution in [1.29, 1.82) is 5.26 Å². The highest BCUT2D eigenvalue weighted by molar-refractivity contribution is 5.53. The summed E-state index contributed by atoms with van der Waals surface area (Å²) < 4.78 is 0. The van der Waals surface area contributed by atoms with Gasteiger partial charge in [-0.2, -0.15) is 5.26 Å². The van der Waals surface area contributed by atoms with Gasteiger partial charge in [0.05, 0.1) is 5.56 Å². The van der Waals surface area contributed by atoms with Gasteiger partial charge in [-0.05, 0) is 18.6 Å². The number of hydrogen-bond donors (Lipinski definition) is 1. The van der Waals surface area contributed by atoms with Crippen molar-refractivity contribution in [1.82, 2.24) is 9.88 Å². The van der Waals surface area contributed by atoms with Crippen LogP contribution in [0.1, 0.15) is 12.0 Å². The van der Waals surface area contributed by atoms with Crippen molar-refractivity contribution in [2.45, 2.75) is 6.42 Å². The standard InChI is InChI=1S/C13H18N4O/c14-11-12-3-1-4-15-13(12)17-8-6-16(7-9-17)5-2-10-18/h1,3-4,18H,2,5-10H2. The summed E-state index contributed by atoms with van der Waals surface area (Å²) in [7, 11) is 0. The summed E-state index contributed by atoms with van der Waals surface area (Å²) in [4.78, 5) is 8.80. The number of rotatable bonds is 4. The zero-order valence-corrected chi connectivity index (χ0v) is 10.4. The lowest BCUT2D eigenvalue weighted by molar-refractivity contribution is 0.215. The molecule has 0 aliphatic carbocycles. The van der Waals surface area contributed by atoms with E-state index < -0.39 is 0 Å². The molecule has 0 aromatic carbocycles. The zero-order chi connectivity index (χ0) is 12.8. The highest BCUT2D eigenvalue weighted by Gasteiger charge is 2.19. The van der Waals surface area contributed by atoms with Gasteiger partial charge in [-0.15, -0.1) is 0 Å². The van der Waals surface area contributed by atoms with Gasteiger partial charge in [-0.3, -0.25) is 4.90 Å². The minimum Gasteiger partial charge on any atom is -0.396 e. The molecule has 1 N–H and O–H groups in total. The van der Waals surface area contributed by atoms with E-state index in [0.29, 0.717) is 5.56 Å². The van der Waals surface area contributed by atoms with E-state index in [1.165, 1.54) is 0 Å². The van der Waals surface area contributed by atoms with Crippen LogP contribution in [-0.2, 0) is 0 Å². The Morgan fingerprint density at radius 2 is 2.11 bits per heavy atom. The number of nitriles is 1. The average molecular weight is 246 g/mol. The Morgan fingerprint density at radius 1 is 1.33 bits per heavy atom. The monoisotopic (exact) mass is 246 g/mol. The van der Waals surface area contributed by atoms with Crippen LogP contribution in [0.15, 0.2) is 18.3 Å². The number of anilines is 1. The van der Waals surface area contributed by atoms with Crippen LogP contribution in [0.2, 0.25) is 0 Å². The van der Waals surface area contributed by atoms with Gasteiger partial charge in [-0.1, -0.05) is 0 Å². The second kappa shape index (κ2) is 6.34. The third-order valence-corrected chi connectivity index (χ3v) is 3.21. The molecule has 1 aliphatic rings. The summed E-state index contributed by atoms with van der Waals surface area (Å²) in [5.74, 6) is 0.793. The Hall–Kier alpha value is -1.64. The Balaban J connectivity index is 1.95. The van der Waals surface area contributed by atoms with Crippen molar-refractivity contribution in [3.8, 4) is 6.07 Å². The van der Waals surface area contributed by atoms with Crippen LogP contribution in [0.4, 0.5) is 5.82 Å². The van der Waals surface area contributed by atoms with E-state index in [4.69, 9.17) is 10.4 Å². The first-order valence-electron chi connectivity index (χ1n) is 6.28. The molecule has 5 heteroatoms. The average Bonchev–Trinajstić information content (AvgIpc) is 2.45. The number of pyridine rings is 1. The van der Waals surface area contributed by atoms with Crippen molar-refractivity contribution < 1.29 is 5.11 Å². The van der Waals surface area contributed by atoms with E-state index in [1.807, 2.05) is 0 Å². The fraction of sp³-hybridized carbons (Fsp3) is 0.538. The van der Waals surface area contributed by atoms with Gasteiger partial charge >= 0.3 is 0 Å². The fourth-order valence-corrected chi connectivity index (χ4v) is 2.21. The van der Waals surface area contributed by atoms with Crippen LogP contribution < -0.4 is 4.90 Å². The molecule has 0 amide bonds.